The number of aryl methyl sites for hydroxylation is 2. The molecule has 136 valence electrons. The van der Waals surface area contributed by atoms with Gasteiger partial charge in [0.1, 0.15) is 5.75 Å². The molecule has 3 aromatic rings. The average Bonchev–Trinajstić information content (AvgIpc) is 2.99. The quantitative estimate of drug-likeness (QED) is 0.673. The summed E-state index contributed by atoms with van der Waals surface area (Å²) >= 11 is 0. The molecule has 1 aromatic carbocycles. The molecule has 2 heterocycles. The number of nitrogens with zero attached hydrogens (tertiary/aromatic N) is 3. The second-order valence-corrected chi connectivity index (χ2v) is 6.54. The summed E-state index contributed by atoms with van der Waals surface area (Å²) in [5.74, 6) is 0.884. The predicted molar refractivity (Wildman–Crippen MR) is 103 cm³/mol. The number of methoxy groups -OCH3 is 1. The Morgan fingerprint density at radius 1 is 1.04 bits per heavy atom. The fraction of sp³-hybridized carbons (Fsp3) is 0.333. The molecule has 26 heavy (non-hydrogen) atoms. The molecule has 0 aliphatic heterocycles. The molecule has 0 aliphatic carbocycles. The normalized spacial score (nSPS) is 11.1. The number of benzene rings is 1. The molecule has 3 rings (SSSR count). The van der Waals surface area contributed by atoms with Crippen LogP contribution >= 0.6 is 0 Å². The highest BCUT2D eigenvalue weighted by Gasteiger charge is 2.12. The fourth-order valence-electron chi connectivity index (χ4n) is 3.14. The van der Waals surface area contributed by atoms with Gasteiger partial charge in [0.05, 0.1) is 18.5 Å². The van der Waals surface area contributed by atoms with Crippen LogP contribution in [0.25, 0.3) is 0 Å². The van der Waals surface area contributed by atoms with Crippen molar-refractivity contribution in [3.63, 3.8) is 0 Å². The minimum absolute atomic E-state index is 0.822. The van der Waals surface area contributed by atoms with Crippen LogP contribution in [0.3, 0.4) is 0 Å². The molecule has 0 unspecified atom stereocenters. The Balaban J connectivity index is 1.72. The maximum Gasteiger partial charge on any atom is 0.118 e. The third-order valence-electron chi connectivity index (χ3n) is 4.64. The summed E-state index contributed by atoms with van der Waals surface area (Å²) in [7, 11) is 1.69. The van der Waals surface area contributed by atoms with Gasteiger partial charge in [-0.15, -0.1) is 0 Å². The van der Waals surface area contributed by atoms with Crippen LogP contribution in [0.4, 0.5) is 0 Å². The van der Waals surface area contributed by atoms with Crippen molar-refractivity contribution >= 4 is 0 Å². The Morgan fingerprint density at radius 2 is 1.85 bits per heavy atom. The predicted octanol–water partition coefficient (Wildman–Crippen LogP) is 3.68. The lowest BCUT2D eigenvalue weighted by atomic mass is 10.1. The molecule has 0 saturated carbocycles. The first-order valence-electron chi connectivity index (χ1n) is 8.91. The molecular weight excluding hydrogens is 324 g/mol. The molecule has 0 radical (unpaired) electrons. The largest absolute Gasteiger partial charge is 0.497 e. The van der Waals surface area contributed by atoms with E-state index in [0.717, 1.165) is 48.9 Å². The molecule has 5 heteroatoms. The Morgan fingerprint density at radius 3 is 2.46 bits per heavy atom. The Hall–Kier alpha value is -2.66. The molecule has 0 fully saturated rings. The van der Waals surface area contributed by atoms with Crippen molar-refractivity contribution in [2.75, 3.05) is 13.7 Å². The highest BCUT2D eigenvalue weighted by atomic mass is 16.5. The van der Waals surface area contributed by atoms with Gasteiger partial charge in [0.25, 0.3) is 0 Å². The lowest BCUT2D eigenvalue weighted by Crippen LogP contribution is -2.26. The monoisotopic (exact) mass is 350 g/mol. The summed E-state index contributed by atoms with van der Waals surface area (Å²) in [5.41, 5.74) is 5.91. The van der Waals surface area contributed by atoms with Crippen LogP contribution < -0.4 is 4.74 Å². The number of hydrogen-bond acceptors (Lipinski definition) is 4. The first kappa shape index (κ1) is 18.1. The van der Waals surface area contributed by atoms with E-state index in [1.807, 2.05) is 30.5 Å². The molecule has 0 atom stereocenters. The molecule has 0 aliphatic rings. The molecule has 0 amide bonds. The zero-order valence-corrected chi connectivity index (χ0v) is 15.7. The van der Waals surface area contributed by atoms with Gasteiger partial charge >= 0.3 is 0 Å². The summed E-state index contributed by atoms with van der Waals surface area (Å²) in [6, 6.07) is 14.3. The molecule has 2 aromatic heterocycles. The minimum atomic E-state index is 0.822. The maximum absolute atomic E-state index is 5.26. The second kappa shape index (κ2) is 8.63. The molecule has 5 nitrogen and oxygen atoms in total. The lowest BCUT2D eigenvalue weighted by Gasteiger charge is -2.22. The van der Waals surface area contributed by atoms with Crippen molar-refractivity contribution in [3.8, 4) is 5.75 Å². The van der Waals surface area contributed by atoms with Gasteiger partial charge in [-0.3, -0.25) is 15.0 Å². The smallest absolute Gasteiger partial charge is 0.118 e. The van der Waals surface area contributed by atoms with Gasteiger partial charge in [0, 0.05) is 31.5 Å². The lowest BCUT2D eigenvalue weighted by molar-refractivity contribution is 0.256. The van der Waals surface area contributed by atoms with E-state index in [1.165, 1.54) is 11.1 Å². The van der Waals surface area contributed by atoms with E-state index in [2.05, 4.69) is 52.1 Å². The van der Waals surface area contributed by atoms with Crippen LogP contribution in [0.2, 0.25) is 0 Å². The first-order chi connectivity index (χ1) is 12.7. The highest BCUT2D eigenvalue weighted by molar-refractivity contribution is 5.27. The van der Waals surface area contributed by atoms with Crippen LogP contribution in [-0.2, 0) is 19.5 Å². The second-order valence-electron chi connectivity index (χ2n) is 6.54. The van der Waals surface area contributed by atoms with Crippen LogP contribution in [-0.4, -0.2) is 33.7 Å². The van der Waals surface area contributed by atoms with Crippen LogP contribution in [0, 0.1) is 13.8 Å². The van der Waals surface area contributed by atoms with E-state index >= 15 is 0 Å². The topological polar surface area (TPSA) is 54.0 Å². The Labute approximate surface area is 155 Å². The summed E-state index contributed by atoms with van der Waals surface area (Å²) in [6.45, 7) is 6.79. The fourth-order valence-corrected chi connectivity index (χ4v) is 3.14. The summed E-state index contributed by atoms with van der Waals surface area (Å²) in [4.78, 5) is 6.91. The van der Waals surface area contributed by atoms with Gasteiger partial charge in [-0.05, 0) is 55.7 Å². The number of aromatic nitrogens is 3. The Bertz CT molecular complexity index is 792. The number of hydrogen-bond donors (Lipinski definition) is 1. The molecule has 1 N–H and O–H groups in total. The number of aromatic amines is 1. The molecule has 0 spiro atoms. The molecule has 0 saturated heterocycles. The van der Waals surface area contributed by atoms with Gasteiger partial charge in [0.15, 0.2) is 0 Å². The van der Waals surface area contributed by atoms with Gasteiger partial charge < -0.3 is 4.74 Å². The summed E-state index contributed by atoms with van der Waals surface area (Å²) in [5, 5.41) is 7.39. The van der Waals surface area contributed by atoms with E-state index in [0.29, 0.717) is 0 Å². The van der Waals surface area contributed by atoms with Crippen molar-refractivity contribution in [3.05, 3.63) is 76.9 Å². The SMILES string of the molecule is COc1ccc(CN(CCc2c(C)n[nH]c2C)Cc2ccccn2)cc1. The summed E-state index contributed by atoms with van der Waals surface area (Å²) in [6.07, 6.45) is 2.82. The first-order valence-corrected chi connectivity index (χ1v) is 8.91. The van der Waals surface area contributed by atoms with Crippen molar-refractivity contribution in [1.82, 2.24) is 20.1 Å². The zero-order chi connectivity index (χ0) is 18.4. The van der Waals surface area contributed by atoms with Gasteiger partial charge in [0.2, 0.25) is 0 Å². The Kier molecular flexibility index (Phi) is 6.02. The molecular formula is C21H26N4O. The summed E-state index contributed by atoms with van der Waals surface area (Å²) < 4.78 is 5.26. The number of pyridine rings is 1. The van der Waals surface area contributed by atoms with E-state index in [1.54, 1.807) is 7.11 Å². The minimum Gasteiger partial charge on any atom is -0.497 e. The van der Waals surface area contributed by atoms with Crippen LogP contribution in [0.5, 0.6) is 5.75 Å². The number of H-pyrrole nitrogens is 1. The van der Waals surface area contributed by atoms with Crippen molar-refractivity contribution in [2.45, 2.75) is 33.4 Å². The highest BCUT2D eigenvalue weighted by Crippen LogP contribution is 2.16. The number of rotatable bonds is 8. The molecule has 0 bridgehead atoms. The third kappa shape index (κ3) is 4.70. The van der Waals surface area contributed by atoms with Gasteiger partial charge in [-0.2, -0.15) is 5.10 Å². The van der Waals surface area contributed by atoms with Crippen LogP contribution in [0.1, 0.15) is 28.2 Å². The van der Waals surface area contributed by atoms with E-state index in [4.69, 9.17) is 4.74 Å². The van der Waals surface area contributed by atoms with E-state index in [-0.39, 0.29) is 0 Å². The van der Waals surface area contributed by atoms with Gasteiger partial charge in [-0.25, -0.2) is 0 Å². The number of ether oxygens (including phenoxy) is 1. The zero-order valence-electron chi connectivity index (χ0n) is 15.7. The van der Waals surface area contributed by atoms with Crippen molar-refractivity contribution in [2.24, 2.45) is 0 Å². The van der Waals surface area contributed by atoms with Crippen molar-refractivity contribution < 1.29 is 4.74 Å². The standard InChI is InChI=1S/C21H26N4O/c1-16-21(17(2)24-23-16)11-13-25(15-19-6-4-5-12-22-19)14-18-7-9-20(26-3)10-8-18/h4-10,12H,11,13-15H2,1-3H3,(H,23,24). The maximum atomic E-state index is 5.26. The number of nitrogens with one attached hydrogen (secondary N) is 1. The van der Waals surface area contributed by atoms with E-state index in [9.17, 15) is 0 Å². The van der Waals surface area contributed by atoms with Gasteiger partial charge in [-0.1, -0.05) is 18.2 Å². The van der Waals surface area contributed by atoms with Crippen LogP contribution in [0.15, 0.2) is 48.7 Å². The third-order valence-corrected chi connectivity index (χ3v) is 4.64. The van der Waals surface area contributed by atoms with E-state index < -0.39 is 0 Å². The average molecular weight is 350 g/mol. The van der Waals surface area contributed by atoms with Crippen molar-refractivity contribution in [1.29, 1.82) is 0 Å².